The Morgan fingerprint density at radius 2 is 1.95 bits per heavy atom. The van der Waals surface area contributed by atoms with Crippen LogP contribution in [-0.4, -0.2) is 24.5 Å². The molecule has 1 aromatic rings. The number of esters is 1. The third kappa shape index (κ3) is 3.83. The molecule has 0 radical (unpaired) electrons. The van der Waals surface area contributed by atoms with E-state index in [0.717, 1.165) is 36.8 Å². The number of aryl methyl sites for hydroxylation is 2. The molecule has 108 valence electrons. The van der Waals surface area contributed by atoms with Gasteiger partial charge in [0.05, 0.1) is 5.56 Å². The largest absolute Gasteiger partial charge is 0.452 e. The Balaban J connectivity index is 1.83. The molecule has 0 unspecified atom stereocenters. The van der Waals surface area contributed by atoms with Crippen molar-refractivity contribution >= 4 is 11.9 Å². The van der Waals surface area contributed by atoms with Crippen molar-refractivity contribution in [3.05, 3.63) is 34.9 Å². The summed E-state index contributed by atoms with van der Waals surface area (Å²) in [6.45, 7) is 3.63. The minimum Gasteiger partial charge on any atom is -0.452 e. The number of ether oxygens (including phenoxy) is 1. The van der Waals surface area contributed by atoms with E-state index in [4.69, 9.17) is 4.74 Å². The summed E-state index contributed by atoms with van der Waals surface area (Å²) in [5, 5.41) is 2.89. The van der Waals surface area contributed by atoms with E-state index in [1.807, 2.05) is 26.0 Å². The fraction of sp³-hybridized carbons (Fsp3) is 0.500. The molecule has 0 bridgehead atoms. The molecule has 4 heteroatoms. The van der Waals surface area contributed by atoms with Gasteiger partial charge in [-0.25, -0.2) is 4.79 Å². The molecule has 0 atom stereocenters. The predicted molar refractivity (Wildman–Crippen MR) is 76.6 cm³/mol. The van der Waals surface area contributed by atoms with Gasteiger partial charge in [0.2, 0.25) is 0 Å². The van der Waals surface area contributed by atoms with Gasteiger partial charge in [-0.05, 0) is 38.3 Å². The highest BCUT2D eigenvalue weighted by atomic mass is 16.5. The van der Waals surface area contributed by atoms with E-state index in [1.165, 1.54) is 0 Å². The zero-order valence-corrected chi connectivity index (χ0v) is 12.1. The standard InChI is InChI=1S/C16H21NO3/c1-11-7-8-14(12(2)9-11)16(19)20-10-15(18)17-13-5-3-4-6-13/h7-9,13H,3-6,10H2,1-2H3,(H,17,18). The number of hydrogen-bond acceptors (Lipinski definition) is 3. The number of carbonyl (C=O) groups excluding carboxylic acids is 2. The summed E-state index contributed by atoms with van der Waals surface area (Å²) in [5.41, 5.74) is 2.48. The maximum absolute atomic E-state index is 11.9. The number of nitrogens with one attached hydrogen (secondary N) is 1. The number of benzene rings is 1. The van der Waals surface area contributed by atoms with Crippen LogP contribution in [0.2, 0.25) is 0 Å². The first kappa shape index (κ1) is 14.6. The summed E-state index contributed by atoms with van der Waals surface area (Å²) in [4.78, 5) is 23.6. The zero-order chi connectivity index (χ0) is 14.5. The van der Waals surface area contributed by atoms with Gasteiger partial charge in [-0.1, -0.05) is 30.5 Å². The van der Waals surface area contributed by atoms with Gasteiger partial charge in [-0.2, -0.15) is 0 Å². The van der Waals surface area contributed by atoms with Crippen molar-refractivity contribution in [2.75, 3.05) is 6.61 Å². The van der Waals surface area contributed by atoms with Gasteiger partial charge in [0.25, 0.3) is 5.91 Å². The van der Waals surface area contributed by atoms with E-state index in [1.54, 1.807) is 6.07 Å². The Morgan fingerprint density at radius 1 is 1.25 bits per heavy atom. The molecule has 0 spiro atoms. The average Bonchev–Trinajstić information content (AvgIpc) is 2.89. The van der Waals surface area contributed by atoms with Crippen LogP contribution in [0.1, 0.15) is 47.2 Å². The van der Waals surface area contributed by atoms with Crippen LogP contribution in [0.15, 0.2) is 18.2 Å². The smallest absolute Gasteiger partial charge is 0.338 e. The summed E-state index contributed by atoms with van der Waals surface area (Å²) in [7, 11) is 0. The second-order valence-corrected chi connectivity index (χ2v) is 5.44. The molecular formula is C16H21NO3. The number of amides is 1. The molecule has 0 saturated heterocycles. The summed E-state index contributed by atoms with van der Waals surface area (Å²) in [5.74, 6) is -0.654. The topological polar surface area (TPSA) is 55.4 Å². The van der Waals surface area contributed by atoms with Crippen LogP contribution in [0.3, 0.4) is 0 Å². The quantitative estimate of drug-likeness (QED) is 0.859. The average molecular weight is 275 g/mol. The molecule has 20 heavy (non-hydrogen) atoms. The first-order valence-electron chi connectivity index (χ1n) is 7.10. The van der Waals surface area contributed by atoms with E-state index in [0.29, 0.717) is 5.56 Å². The van der Waals surface area contributed by atoms with Crippen LogP contribution in [0.25, 0.3) is 0 Å². The molecule has 1 N–H and O–H groups in total. The van der Waals surface area contributed by atoms with Crippen LogP contribution >= 0.6 is 0 Å². The predicted octanol–water partition coefficient (Wildman–Crippen LogP) is 2.52. The Kier molecular flexibility index (Phi) is 4.77. The van der Waals surface area contributed by atoms with Gasteiger partial charge in [-0.3, -0.25) is 4.79 Å². The van der Waals surface area contributed by atoms with Crippen LogP contribution in [0.4, 0.5) is 0 Å². The third-order valence-electron chi connectivity index (χ3n) is 3.66. The van der Waals surface area contributed by atoms with Crippen LogP contribution < -0.4 is 5.32 Å². The van der Waals surface area contributed by atoms with Gasteiger partial charge < -0.3 is 10.1 Å². The lowest BCUT2D eigenvalue weighted by atomic mass is 10.1. The summed E-state index contributed by atoms with van der Waals surface area (Å²) in [6.07, 6.45) is 4.37. The Morgan fingerprint density at radius 3 is 2.60 bits per heavy atom. The van der Waals surface area contributed by atoms with Crippen LogP contribution in [-0.2, 0) is 9.53 Å². The molecule has 0 heterocycles. The zero-order valence-electron chi connectivity index (χ0n) is 12.1. The summed E-state index contributed by atoms with van der Waals surface area (Å²) in [6, 6.07) is 5.78. The van der Waals surface area contributed by atoms with Crippen molar-refractivity contribution in [1.82, 2.24) is 5.32 Å². The molecule has 0 aromatic heterocycles. The van der Waals surface area contributed by atoms with E-state index in [9.17, 15) is 9.59 Å². The highest BCUT2D eigenvalue weighted by molar-refractivity contribution is 5.92. The van der Waals surface area contributed by atoms with Crippen molar-refractivity contribution < 1.29 is 14.3 Å². The molecule has 1 amide bonds. The van der Waals surface area contributed by atoms with Crippen molar-refractivity contribution in [2.45, 2.75) is 45.6 Å². The maximum atomic E-state index is 11.9. The molecule has 2 rings (SSSR count). The molecule has 1 aromatic carbocycles. The highest BCUT2D eigenvalue weighted by Crippen LogP contribution is 2.17. The molecule has 1 saturated carbocycles. The van der Waals surface area contributed by atoms with Gasteiger partial charge in [0.15, 0.2) is 6.61 Å². The Labute approximate surface area is 119 Å². The van der Waals surface area contributed by atoms with E-state index < -0.39 is 5.97 Å². The molecule has 1 aliphatic carbocycles. The fourth-order valence-electron chi connectivity index (χ4n) is 2.59. The molecule has 0 aliphatic heterocycles. The first-order valence-corrected chi connectivity index (χ1v) is 7.10. The maximum Gasteiger partial charge on any atom is 0.338 e. The lowest BCUT2D eigenvalue weighted by molar-refractivity contribution is -0.124. The second-order valence-electron chi connectivity index (χ2n) is 5.44. The van der Waals surface area contributed by atoms with E-state index >= 15 is 0 Å². The van der Waals surface area contributed by atoms with E-state index in [2.05, 4.69) is 5.32 Å². The molecule has 1 fully saturated rings. The van der Waals surface area contributed by atoms with Crippen molar-refractivity contribution in [3.8, 4) is 0 Å². The number of rotatable bonds is 4. The molecular weight excluding hydrogens is 254 g/mol. The Hall–Kier alpha value is -1.84. The van der Waals surface area contributed by atoms with Gasteiger partial charge in [0, 0.05) is 6.04 Å². The monoisotopic (exact) mass is 275 g/mol. The van der Waals surface area contributed by atoms with Crippen molar-refractivity contribution in [3.63, 3.8) is 0 Å². The van der Waals surface area contributed by atoms with Gasteiger partial charge in [0.1, 0.15) is 0 Å². The lowest BCUT2D eigenvalue weighted by Gasteiger charge is -2.12. The number of carbonyl (C=O) groups is 2. The molecule has 4 nitrogen and oxygen atoms in total. The van der Waals surface area contributed by atoms with E-state index in [-0.39, 0.29) is 18.6 Å². The van der Waals surface area contributed by atoms with Crippen LogP contribution in [0, 0.1) is 13.8 Å². The third-order valence-corrected chi connectivity index (χ3v) is 3.66. The summed E-state index contributed by atoms with van der Waals surface area (Å²) >= 11 is 0. The van der Waals surface area contributed by atoms with Crippen LogP contribution in [0.5, 0.6) is 0 Å². The van der Waals surface area contributed by atoms with Gasteiger partial charge in [-0.15, -0.1) is 0 Å². The molecule has 1 aliphatic rings. The van der Waals surface area contributed by atoms with Crippen molar-refractivity contribution in [2.24, 2.45) is 0 Å². The lowest BCUT2D eigenvalue weighted by Crippen LogP contribution is -2.35. The Bertz CT molecular complexity index is 504. The minimum atomic E-state index is -0.441. The number of hydrogen-bond donors (Lipinski definition) is 1. The summed E-state index contributed by atoms with van der Waals surface area (Å²) < 4.78 is 5.07. The minimum absolute atomic E-state index is 0.206. The van der Waals surface area contributed by atoms with Crippen molar-refractivity contribution in [1.29, 1.82) is 0 Å². The normalized spacial score (nSPS) is 15.1. The SMILES string of the molecule is Cc1ccc(C(=O)OCC(=O)NC2CCCC2)c(C)c1. The second kappa shape index (κ2) is 6.55. The first-order chi connectivity index (χ1) is 9.56. The van der Waals surface area contributed by atoms with Gasteiger partial charge >= 0.3 is 5.97 Å². The highest BCUT2D eigenvalue weighted by Gasteiger charge is 2.18. The fourth-order valence-corrected chi connectivity index (χ4v) is 2.59.